The van der Waals surface area contributed by atoms with Crippen LogP contribution in [-0.2, 0) is 4.79 Å². The number of amides is 1. The van der Waals surface area contributed by atoms with E-state index in [-0.39, 0.29) is 11.4 Å². The monoisotopic (exact) mass is 395 g/mol. The van der Waals surface area contributed by atoms with E-state index in [0.717, 1.165) is 23.9 Å². The minimum absolute atomic E-state index is 0.00697. The lowest BCUT2D eigenvalue weighted by Gasteiger charge is -2.05. The molecule has 0 fully saturated rings. The fourth-order valence-corrected chi connectivity index (χ4v) is 4.12. The molecule has 25 heavy (non-hydrogen) atoms. The predicted octanol–water partition coefficient (Wildman–Crippen LogP) is 4.67. The molecule has 0 atom stereocenters. The second kappa shape index (κ2) is 7.85. The van der Waals surface area contributed by atoms with Gasteiger partial charge in [0.1, 0.15) is 11.6 Å². The topological polar surface area (TPSA) is 46.9 Å². The van der Waals surface area contributed by atoms with E-state index in [0.29, 0.717) is 8.29 Å². The molecule has 3 rings (SSSR count). The summed E-state index contributed by atoms with van der Waals surface area (Å²) in [6, 6.07) is 12.3. The lowest BCUT2D eigenvalue weighted by Crippen LogP contribution is -2.15. The molecule has 4 nitrogen and oxygen atoms in total. The number of carbonyl (C=O) groups is 1. The number of rotatable bonds is 5. The quantitative estimate of drug-likeness (QED) is 0.504. The van der Waals surface area contributed by atoms with Crippen LogP contribution >= 0.6 is 35.3 Å². The maximum absolute atomic E-state index is 13.5. The van der Waals surface area contributed by atoms with E-state index in [1.165, 1.54) is 23.1 Å². The number of halogens is 2. The van der Waals surface area contributed by atoms with Crippen LogP contribution in [0.1, 0.15) is 0 Å². The Morgan fingerprint density at radius 2 is 2.00 bits per heavy atom. The van der Waals surface area contributed by atoms with Gasteiger partial charge in [0.2, 0.25) is 5.91 Å². The maximum atomic E-state index is 13.5. The molecular formula is C16H11F2N3OS3. The van der Waals surface area contributed by atoms with Crippen LogP contribution in [0.3, 0.4) is 0 Å². The number of para-hydroxylation sites is 1. The fraction of sp³-hybridized carbons (Fsp3) is 0.0625. The van der Waals surface area contributed by atoms with Crippen molar-refractivity contribution in [3.63, 3.8) is 0 Å². The molecule has 0 saturated heterocycles. The largest absolute Gasteiger partial charge is 0.323 e. The molecule has 1 heterocycles. The lowest BCUT2D eigenvalue weighted by molar-refractivity contribution is -0.113. The summed E-state index contributed by atoms with van der Waals surface area (Å²) in [5, 5.41) is 6.71. The first-order chi connectivity index (χ1) is 12.0. The molecule has 0 unspecified atom stereocenters. The highest BCUT2D eigenvalue weighted by Gasteiger charge is 2.11. The van der Waals surface area contributed by atoms with Crippen molar-refractivity contribution in [1.82, 2.24) is 9.78 Å². The molecular weight excluding hydrogens is 384 g/mol. The summed E-state index contributed by atoms with van der Waals surface area (Å²) in [5.74, 6) is -1.76. The Labute approximate surface area is 155 Å². The fourth-order valence-electron chi connectivity index (χ4n) is 1.96. The standard InChI is InChI=1S/C16H11F2N3OS3/c17-10-6-7-12(18)13(8-10)19-14(22)9-24-15-20-21(16(23)25-15)11-4-2-1-3-5-11/h1-8H,9H2,(H,19,22). The number of thioether (sulfide) groups is 1. The molecule has 0 aliphatic heterocycles. The molecule has 3 aromatic rings. The average molecular weight is 395 g/mol. The molecule has 0 spiro atoms. The Morgan fingerprint density at radius 1 is 1.24 bits per heavy atom. The van der Waals surface area contributed by atoms with Crippen LogP contribution < -0.4 is 5.32 Å². The molecule has 1 N–H and O–H groups in total. The Bertz CT molecular complexity index is 957. The molecule has 2 aromatic carbocycles. The number of anilines is 1. The first-order valence-corrected chi connectivity index (χ1v) is 9.27. The minimum atomic E-state index is -0.691. The molecule has 0 saturated carbocycles. The maximum Gasteiger partial charge on any atom is 0.234 e. The van der Waals surface area contributed by atoms with Crippen molar-refractivity contribution in [1.29, 1.82) is 0 Å². The van der Waals surface area contributed by atoms with Crippen LogP contribution in [0.4, 0.5) is 14.5 Å². The Kier molecular flexibility index (Phi) is 5.57. The summed E-state index contributed by atoms with van der Waals surface area (Å²) in [5.41, 5.74) is 0.648. The summed E-state index contributed by atoms with van der Waals surface area (Å²) in [4.78, 5) is 11.9. The third-order valence-corrected chi connectivity index (χ3v) is 5.42. The normalized spacial score (nSPS) is 10.6. The van der Waals surface area contributed by atoms with E-state index in [2.05, 4.69) is 10.4 Å². The zero-order chi connectivity index (χ0) is 17.8. The van der Waals surface area contributed by atoms with Gasteiger partial charge in [-0.25, -0.2) is 13.5 Å². The van der Waals surface area contributed by atoms with E-state index in [1.54, 1.807) is 4.68 Å². The van der Waals surface area contributed by atoms with Crippen molar-refractivity contribution >= 4 is 46.9 Å². The number of nitrogens with zero attached hydrogens (tertiary/aromatic N) is 2. The van der Waals surface area contributed by atoms with Crippen LogP contribution in [0.2, 0.25) is 0 Å². The van der Waals surface area contributed by atoms with Gasteiger partial charge >= 0.3 is 0 Å². The van der Waals surface area contributed by atoms with Gasteiger partial charge in [-0.05, 0) is 36.5 Å². The van der Waals surface area contributed by atoms with E-state index < -0.39 is 17.5 Å². The molecule has 0 radical (unpaired) electrons. The molecule has 0 bridgehead atoms. The van der Waals surface area contributed by atoms with Crippen LogP contribution in [0.15, 0.2) is 52.9 Å². The van der Waals surface area contributed by atoms with Gasteiger partial charge in [-0.1, -0.05) is 41.3 Å². The van der Waals surface area contributed by atoms with Gasteiger partial charge in [0, 0.05) is 6.07 Å². The number of carbonyl (C=O) groups excluding carboxylic acids is 1. The van der Waals surface area contributed by atoms with Crippen molar-refractivity contribution in [2.24, 2.45) is 0 Å². The van der Waals surface area contributed by atoms with E-state index in [1.807, 2.05) is 30.3 Å². The summed E-state index contributed by atoms with van der Waals surface area (Å²) < 4.78 is 29.4. The van der Waals surface area contributed by atoms with Crippen LogP contribution in [0.25, 0.3) is 5.69 Å². The van der Waals surface area contributed by atoms with Crippen molar-refractivity contribution < 1.29 is 13.6 Å². The first-order valence-electron chi connectivity index (χ1n) is 7.06. The van der Waals surface area contributed by atoms with Crippen LogP contribution in [-0.4, -0.2) is 21.4 Å². The number of benzene rings is 2. The summed E-state index contributed by atoms with van der Waals surface area (Å²) in [6.07, 6.45) is 0. The second-order valence-electron chi connectivity index (χ2n) is 4.84. The van der Waals surface area contributed by atoms with Crippen LogP contribution in [0.5, 0.6) is 0 Å². The van der Waals surface area contributed by atoms with Crippen molar-refractivity contribution in [3.8, 4) is 5.69 Å². The Morgan fingerprint density at radius 3 is 2.76 bits per heavy atom. The van der Waals surface area contributed by atoms with Crippen molar-refractivity contribution in [3.05, 3.63) is 64.1 Å². The smallest absolute Gasteiger partial charge is 0.234 e. The third-order valence-electron chi connectivity index (χ3n) is 3.06. The van der Waals surface area contributed by atoms with Crippen molar-refractivity contribution in [2.75, 3.05) is 11.1 Å². The van der Waals surface area contributed by atoms with Gasteiger partial charge in [0.15, 0.2) is 8.29 Å². The van der Waals surface area contributed by atoms with Crippen molar-refractivity contribution in [2.45, 2.75) is 4.34 Å². The highest BCUT2D eigenvalue weighted by atomic mass is 32.2. The molecule has 9 heteroatoms. The van der Waals surface area contributed by atoms with Gasteiger partial charge < -0.3 is 5.32 Å². The number of nitrogens with one attached hydrogen (secondary N) is 1. The summed E-state index contributed by atoms with van der Waals surface area (Å²) >= 11 is 7.74. The van der Waals surface area contributed by atoms with Gasteiger partial charge in [-0.3, -0.25) is 4.79 Å². The first kappa shape index (κ1) is 17.7. The molecule has 0 aliphatic rings. The van der Waals surface area contributed by atoms with E-state index in [9.17, 15) is 13.6 Å². The zero-order valence-corrected chi connectivity index (χ0v) is 15.1. The second-order valence-corrected chi connectivity index (χ2v) is 7.69. The number of aromatic nitrogens is 2. The lowest BCUT2D eigenvalue weighted by atomic mass is 10.3. The highest BCUT2D eigenvalue weighted by molar-refractivity contribution is 8.01. The zero-order valence-electron chi connectivity index (χ0n) is 12.6. The summed E-state index contributed by atoms with van der Waals surface area (Å²) in [6.45, 7) is 0. The Balaban J connectivity index is 1.65. The average Bonchev–Trinajstić information content (AvgIpc) is 2.98. The van der Waals surface area contributed by atoms with E-state index in [4.69, 9.17) is 12.2 Å². The van der Waals surface area contributed by atoms with Gasteiger partial charge in [-0.15, -0.1) is 5.10 Å². The van der Waals surface area contributed by atoms with E-state index >= 15 is 0 Å². The predicted molar refractivity (Wildman–Crippen MR) is 98.0 cm³/mol. The Hall–Kier alpha value is -2.10. The molecule has 1 aromatic heterocycles. The minimum Gasteiger partial charge on any atom is -0.323 e. The van der Waals surface area contributed by atoms with Gasteiger partial charge in [0.05, 0.1) is 17.1 Å². The number of hydrogen-bond acceptors (Lipinski definition) is 5. The number of hydrogen-bond donors (Lipinski definition) is 1. The van der Waals surface area contributed by atoms with Gasteiger partial charge in [-0.2, -0.15) is 0 Å². The molecule has 128 valence electrons. The highest BCUT2D eigenvalue weighted by Crippen LogP contribution is 2.24. The molecule has 1 amide bonds. The van der Waals surface area contributed by atoms with Gasteiger partial charge in [0.25, 0.3) is 0 Å². The SMILES string of the molecule is O=C(CSc1nn(-c2ccccc2)c(=S)s1)Nc1cc(F)ccc1F. The summed E-state index contributed by atoms with van der Waals surface area (Å²) in [7, 11) is 0. The third kappa shape index (κ3) is 4.50. The molecule has 0 aliphatic carbocycles. The van der Waals surface area contributed by atoms with Crippen LogP contribution in [0, 0.1) is 15.6 Å².